The number of fused-ring (bicyclic) bond motifs is 6. The molecule has 3 heteroatoms. The van der Waals surface area contributed by atoms with Crippen molar-refractivity contribution in [3.05, 3.63) is 188 Å². The number of anilines is 3. The molecule has 2 heterocycles. The normalized spacial score (nSPS) is 11.5. The van der Waals surface area contributed by atoms with Crippen molar-refractivity contribution in [1.82, 2.24) is 0 Å². The van der Waals surface area contributed by atoms with Gasteiger partial charge in [-0.25, -0.2) is 0 Å². The van der Waals surface area contributed by atoms with Gasteiger partial charge in [0, 0.05) is 47.9 Å². The van der Waals surface area contributed by atoms with Crippen molar-refractivity contribution < 1.29 is 4.42 Å². The maximum Gasteiger partial charge on any atom is 0.135 e. The van der Waals surface area contributed by atoms with Crippen molar-refractivity contribution in [3.63, 3.8) is 0 Å². The van der Waals surface area contributed by atoms with Crippen LogP contribution in [0.15, 0.2) is 192 Å². The fraction of sp³-hybridized carbons (Fsp3) is 0. The summed E-state index contributed by atoms with van der Waals surface area (Å²) in [6, 6.07) is 67.6. The van der Waals surface area contributed by atoms with E-state index in [-0.39, 0.29) is 0 Å². The Hall–Kier alpha value is -6.42. The van der Waals surface area contributed by atoms with Crippen LogP contribution in [0.2, 0.25) is 0 Å². The van der Waals surface area contributed by atoms with Gasteiger partial charge in [0.25, 0.3) is 0 Å². The highest BCUT2D eigenvalue weighted by Crippen LogP contribution is 2.46. The molecule has 0 fully saturated rings. The van der Waals surface area contributed by atoms with Crippen molar-refractivity contribution >= 4 is 70.5 Å². The van der Waals surface area contributed by atoms with E-state index in [1.54, 1.807) is 0 Å². The Bertz CT molecular complexity index is 2830. The molecular formula is C48H31NOS. The van der Waals surface area contributed by atoms with Crippen LogP contribution in [-0.2, 0) is 0 Å². The van der Waals surface area contributed by atoms with E-state index in [2.05, 4.69) is 181 Å². The van der Waals surface area contributed by atoms with E-state index >= 15 is 0 Å². The molecule has 240 valence electrons. The third kappa shape index (κ3) is 5.18. The highest BCUT2D eigenvalue weighted by atomic mass is 32.1. The first-order valence-corrected chi connectivity index (χ1v) is 18.1. The van der Waals surface area contributed by atoms with Crippen molar-refractivity contribution in [2.45, 2.75) is 0 Å². The first-order valence-electron chi connectivity index (χ1n) is 17.2. The molecule has 0 saturated carbocycles. The lowest BCUT2D eigenvalue weighted by atomic mass is 9.98. The van der Waals surface area contributed by atoms with Crippen molar-refractivity contribution in [2.75, 3.05) is 4.90 Å². The highest BCUT2D eigenvalue weighted by molar-refractivity contribution is 7.25. The van der Waals surface area contributed by atoms with Gasteiger partial charge in [-0.2, -0.15) is 0 Å². The Labute approximate surface area is 300 Å². The van der Waals surface area contributed by atoms with Gasteiger partial charge in [-0.3, -0.25) is 0 Å². The predicted molar refractivity (Wildman–Crippen MR) is 218 cm³/mol. The number of benzene rings is 8. The standard InChI is InChI=1S/C48H31NOS/c1-3-11-32(12-4-1)33-19-24-37(25-20-33)49(38-26-21-34(22-27-38)36-23-28-46-42(29-36)39-15-7-9-17-45(39)50-46)44-31-48-43(40-16-8-10-18-47(40)51-48)30-41(44)35-13-5-2-6-14-35/h1-31H. The van der Waals surface area contributed by atoms with Crippen LogP contribution in [0.4, 0.5) is 17.1 Å². The van der Waals surface area contributed by atoms with Crippen LogP contribution in [0, 0.1) is 0 Å². The Balaban J connectivity index is 1.15. The largest absolute Gasteiger partial charge is 0.456 e. The van der Waals surface area contributed by atoms with E-state index in [0.29, 0.717) is 0 Å². The van der Waals surface area contributed by atoms with Crippen molar-refractivity contribution in [2.24, 2.45) is 0 Å². The van der Waals surface area contributed by atoms with E-state index < -0.39 is 0 Å². The molecule has 10 aromatic rings. The van der Waals surface area contributed by atoms with E-state index in [9.17, 15) is 0 Å². The number of thiophene rings is 1. The molecule has 0 aliphatic carbocycles. The first kappa shape index (κ1) is 29.5. The van der Waals surface area contributed by atoms with Gasteiger partial charge in [-0.1, -0.05) is 127 Å². The predicted octanol–water partition coefficient (Wildman–Crippen LogP) is 14.4. The minimum absolute atomic E-state index is 0.909. The topological polar surface area (TPSA) is 16.4 Å². The van der Waals surface area contributed by atoms with Crippen molar-refractivity contribution in [1.29, 1.82) is 0 Å². The van der Waals surface area contributed by atoms with Gasteiger partial charge in [0.1, 0.15) is 11.2 Å². The average molecular weight is 670 g/mol. The molecule has 0 aliphatic heterocycles. The molecule has 10 rings (SSSR count). The zero-order valence-electron chi connectivity index (χ0n) is 27.7. The molecule has 8 aromatic carbocycles. The van der Waals surface area contributed by atoms with E-state index in [0.717, 1.165) is 50.1 Å². The van der Waals surface area contributed by atoms with Crippen LogP contribution in [-0.4, -0.2) is 0 Å². The number of hydrogen-bond donors (Lipinski definition) is 0. The summed E-state index contributed by atoms with van der Waals surface area (Å²) in [4.78, 5) is 2.41. The van der Waals surface area contributed by atoms with Gasteiger partial charge < -0.3 is 9.32 Å². The quantitative estimate of drug-likeness (QED) is 0.175. The van der Waals surface area contributed by atoms with Crippen LogP contribution >= 0.6 is 11.3 Å². The summed E-state index contributed by atoms with van der Waals surface area (Å²) in [6.07, 6.45) is 0. The molecule has 0 unspecified atom stereocenters. The second kappa shape index (κ2) is 12.2. The van der Waals surface area contributed by atoms with E-state index in [1.807, 2.05) is 23.5 Å². The van der Waals surface area contributed by atoms with Crippen LogP contribution in [0.3, 0.4) is 0 Å². The molecule has 0 amide bonds. The lowest BCUT2D eigenvalue weighted by molar-refractivity contribution is 0.669. The van der Waals surface area contributed by atoms with Gasteiger partial charge in [0.15, 0.2) is 0 Å². The van der Waals surface area contributed by atoms with Gasteiger partial charge in [0.05, 0.1) is 5.69 Å². The molecule has 0 bridgehead atoms. The van der Waals surface area contributed by atoms with Gasteiger partial charge in [-0.15, -0.1) is 11.3 Å². The Morgan fingerprint density at radius 1 is 0.353 bits per heavy atom. The third-order valence-corrected chi connectivity index (χ3v) is 11.0. The number of nitrogens with zero attached hydrogens (tertiary/aromatic N) is 1. The summed E-state index contributed by atoms with van der Waals surface area (Å²) < 4.78 is 8.69. The summed E-state index contributed by atoms with van der Waals surface area (Å²) in [6.45, 7) is 0. The lowest BCUT2D eigenvalue weighted by Crippen LogP contribution is -2.11. The SMILES string of the molecule is c1ccc(-c2ccc(N(c3ccc(-c4ccc5oc6ccccc6c5c4)cc3)c3cc4sc5ccccc5c4cc3-c3ccccc3)cc2)cc1. The summed E-state index contributed by atoms with van der Waals surface area (Å²) in [5.41, 5.74) is 12.3. The highest BCUT2D eigenvalue weighted by Gasteiger charge is 2.20. The Kier molecular flexibility index (Phi) is 7.04. The molecule has 2 aromatic heterocycles. The number of rotatable bonds is 6. The first-order chi connectivity index (χ1) is 25.3. The molecule has 0 N–H and O–H groups in total. The van der Waals surface area contributed by atoms with Gasteiger partial charge in [-0.05, 0) is 88.5 Å². The Morgan fingerprint density at radius 2 is 0.902 bits per heavy atom. The minimum atomic E-state index is 0.909. The second-order valence-electron chi connectivity index (χ2n) is 12.9. The minimum Gasteiger partial charge on any atom is -0.456 e. The van der Waals surface area contributed by atoms with E-state index in [4.69, 9.17) is 4.42 Å². The van der Waals surface area contributed by atoms with Crippen molar-refractivity contribution in [3.8, 4) is 33.4 Å². The Morgan fingerprint density at radius 3 is 1.63 bits per heavy atom. The fourth-order valence-electron chi connectivity index (χ4n) is 7.36. The molecule has 2 nitrogen and oxygen atoms in total. The van der Waals surface area contributed by atoms with Crippen LogP contribution in [0.1, 0.15) is 0 Å². The van der Waals surface area contributed by atoms with Gasteiger partial charge >= 0.3 is 0 Å². The zero-order chi connectivity index (χ0) is 33.7. The smallest absolute Gasteiger partial charge is 0.135 e. The number of para-hydroxylation sites is 1. The third-order valence-electron chi connectivity index (χ3n) is 9.89. The summed E-state index contributed by atoms with van der Waals surface area (Å²) >= 11 is 1.85. The maximum atomic E-state index is 6.12. The van der Waals surface area contributed by atoms with Crippen LogP contribution in [0.5, 0.6) is 0 Å². The molecule has 0 saturated heterocycles. The van der Waals surface area contributed by atoms with Crippen LogP contribution in [0.25, 0.3) is 75.5 Å². The fourth-order valence-corrected chi connectivity index (χ4v) is 8.48. The molecule has 0 radical (unpaired) electrons. The van der Waals surface area contributed by atoms with Gasteiger partial charge in [0.2, 0.25) is 0 Å². The lowest BCUT2D eigenvalue weighted by Gasteiger charge is -2.28. The monoisotopic (exact) mass is 669 g/mol. The zero-order valence-corrected chi connectivity index (χ0v) is 28.5. The number of hydrogen-bond acceptors (Lipinski definition) is 3. The molecule has 51 heavy (non-hydrogen) atoms. The molecule has 0 spiro atoms. The molecule has 0 aliphatic rings. The van der Waals surface area contributed by atoms with Crippen LogP contribution < -0.4 is 4.90 Å². The summed E-state index contributed by atoms with van der Waals surface area (Å²) in [5.74, 6) is 0. The maximum absolute atomic E-state index is 6.12. The molecular weight excluding hydrogens is 639 g/mol. The average Bonchev–Trinajstić information content (AvgIpc) is 3.76. The number of furan rings is 1. The van der Waals surface area contributed by atoms with E-state index in [1.165, 1.54) is 42.4 Å². The second-order valence-corrected chi connectivity index (χ2v) is 14.0. The molecule has 0 atom stereocenters. The summed E-state index contributed by atoms with van der Waals surface area (Å²) in [7, 11) is 0. The summed E-state index contributed by atoms with van der Waals surface area (Å²) in [5, 5.41) is 4.86.